The maximum Gasteiger partial charge on any atom is 0.0855 e. The second kappa shape index (κ2) is 4.83. The fourth-order valence-electron chi connectivity index (χ4n) is 3.80. The van der Waals surface area contributed by atoms with Crippen LogP contribution in [0.3, 0.4) is 0 Å². The molecule has 1 N–H and O–H groups in total. The summed E-state index contributed by atoms with van der Waals surface area (Å²) in [6, 6.07) is 9.29. The highest BCUT2D eigenvalue weighted by molar-refractivity contribution is 5.31. The second-order valence-electron chi connectivity index (χ2n) is 6.69. The predicted molar refractivity (Wildman–Crippen MR) is 77.6 cm³/mol. The molecule has 0 spiro atoms. The molecule has 1 saturated heterocycles. The lowest BCUT2D eigenvalue weighted by Gasteiger charge is -2.32. The summed E-state index contributed by atoms with van der Waals surface area (Å²) in [5, 5.41) is 10.9. The number of rotatable bonds is 3. The van der Waals surface area contributed by atoms with Gasteiger partial charge in [-0.25, -0.2) is 0 Å². The molecule has 3 heteroatoms. The number of β-amino-alcohol motifs (C(OH)–C–C–N with tert-alkyl or cyclic N) is 1. The Morgan fingerprint density at radius 2 is 2.15 bits per heavy atom. The molecular weight excluding hydrogens is 250 g/mol. The fourth-order valence-corrected chi connectivity index (χ4v) is 3.80. The highest BCUT2D eigenvalue weighted by Crippen LogP contribution is 2.40. The minimum absolute atomic E-state index is 0.0732. The molecule has 2 fully saturated rings. The van der Waals surface area contributed by atoms with Crippen LogP contribution in [0.25, 0.3) is 0 Å². The third-order valence-corrected chi connectivity index (χ3v) is 5.08. The highest BCUT2D eigenvalue weighted by atomic mass is 16.5. The Morgan fingerprint density at radius 3 is 3.00 bits per heavy atom. The van der Waals surface area contributed by atoms with Gasteiger partial charge in [-0.05, 0) is 36.8 Å². The molecule has 0 radical (unpaired) electrons. The molecule has 3 nitrogen and oxygen atoms in total. The van der Waals surface area contributed by atoms with E-state index in [1.807, 2.05) is 0 Å². The Bertz CT molecular complexity index is 500. The molecule has 1 aliphatic carbocycles. The van der Waals surface area contributed by atoms with E-state index < -0.39 is 5.60 Å². The fraction of sp³-hybridized carbons (Fsp3) is 0.647. The van der Waals surface area contributed by atoms with Crippen LogP contribution in [0.2, 0.25) is 0 Å². The molecule has 2 atom stereocenters. The summed E-state index contributed by atoms with van der Waals surface area (Å²) in [4.78, 5) is 2.47. The molecule has 0 amide bonds. The molecule has 20 heavy (non-hydrogen) atoms. The van der Waals surface area contributed by atoms with E-state index in [1.165, 1.54) is 24.0 Å². The van der Waals surface area contributed by atoms with Gasteiger partial charge < -0.3 is 9.84 Å². The Balaban J connectivity index is 1.49. The standard InChI is InChI=1S/C17H23NO2/c19-17(8-9-18(12-17)14-5-6-14)11-16-15-4-2-1-3-13(15)7-10-20-16/h1-4,14,16,19H,5-12H2. The number of hydrogen-bond donors (Lipinski definition) is 1. The summed E-state index contributed by atoms with van der Waals surface area (Å²) < 4.78 is 5.96. The number of ether oxygens (including phenoxy) is 1. The quantitative estimate of drug-likeness (QED) is 0.917. The average molecular weight is 273 g/mol. The molecular formula is C17H23NO2. The van der Waals surface area contributed by atoms with Crippen molar-refractivity contribution in [3.05, 3.63) is 35.4 Å². The third-order valence-electron chi connectivity index (χ3n) is 5.08. The van der Waals surface area contributed by atoms with Crippen LogP contribution >= 0.6 is 0 Å². The zero-order valence-electron chi connectivity index (χ0n) is 11.9. The Morgan fingerprint density at radius 1 is 1.30 bits per heavy atom. The summed E-state index contributed by atoms with van der Waals surface area (Å²) in [5.74, 6) is 0. The molecule has 1 aromatic carbocycles. The average Bonchev–Trinajstić information content (AvgIpc) is 3.23. The van der Waals surface area contributed by atoms with E-state index in [-0.39, 0.29) is 6.10 Å². The molecule has 4 rings (SSSR count). The van der Waals surface area contributed by atoms with Gasteiger partial charge in [0.05, 0.1) is 18.3 Å². The topological polar surface area (TPSA) is 32.7 Å². The Hall–Kier alpha value is -0.900. The zero-order valence-corrected chi connectivity index (χ0v) is 11.9. The lowest BCUT2D eigenvalue weighted by molar-refractivity contribution is -0.0407. The number of likely N-dealkylation sites (tertiary alicyclic amines) is 1. The Labute approximate surface area is 120 Å². The lowest BCUT2D eigenvalue weighted by Crippen LogP contribution is -2.37. The van der Waals surface area contributed by atoms with Gasteiger partial charge in [-0.3, -0.25) is 4.90 Å². The van der Waals surface area contributed by atoms with Crippen molar-refractivity contribution in [2.24, 2.45) is 0 Å². The molecule has 108 valence electrons. The van der Waals surface area contributed by atoms with Crippen LogP contribution in [-0.4, -0.2) is 41.3 Å². The summed E-state index contributed by atoms with van der Waals surface area (Å²) in [6.45, 7) is 2.67. The minimum Gasteiger partial charge on any atom is -0.388 e. The van der Waals surface area contributed by atoms with Crippen LogP contribution in [-0.2, 0) is 11.2 Å². The van der Waals surface area contributed by atoms with Gasteiger partial charge in [0, 0.05) is 25.6 Å². The summed E-state index contributed by atoms with van der Waals surface area (Å²) in [6.07, 6.45) is 5.35. The van der Waals surface area contributed by atoms with Gasteiger partial charge in [0.2, 0.25) is 0 Å². The van der Waals surface area contributed by atoms with Crippen LogP contribution in [0.4, 0.5) is 0 Å². The maximum absolute atomic E-state index is 10.9. The van der Waals surface area contributed by atoms with E-state index in [1.54, 1.807) is 0 Å². The Kier molecular flexibility index (Phi) is 3.09. The summed E-state index contributed by atoms with van der Waals surface area (Å²) in [5.41, 5.74) is 2.12. The van der Waals surface area contributed by atoms with Crippen molar-refractivity contribution in [2.75, 3.05) is 19.7 Å². The number of aliphatic hydroxyl groups is 1. The molecule has 0 bridgehead atoms. The van der Waals surface area contributed by atoms with Crippen LogP contribution in [0.15, 0.2) is 24.3 Å². The van der Waals surface area contributed by atoms with Crippen LogP contribution < -0.4 is 0 Å². The van der Waals surface area contributed by atoms with Gasteiger partial charge in [0.25, 0.3) is 0 Å². The first kappa shape index (κ1) is 12.8. The largest absolute Gasteiger partial charge is 0.388 e. The van der Waals surface area contributed by atoms with E-state index in [4.69, 9.17) is 4.74 Å². The van der Waals surface area contributed by atoms with Gasteiger partial charge >= 0.3 is 0 Å². The molecule has 3 aliphatic rings. The van der Waals surface area contributed by atoms with Crippen molar-refractivity contribution in [3.8, 4) is 0 Å². The SMILES string of the molecule is OC1(CC2OCCc3ccccc32)CCN(C2CC2)C1. The van der Waals surface area contributed by atoms with E-state index in [9.17, 15) is 5.11 Å². The monoisotopic (exact) mass is 273 g/mol. The first-order valence-electron chi connectivity index (χ1n) is 7.89. The van der Waals surface area contributed by atoms with Crippen molar-refractivity contribution in [1.29, 1.82) is 0 Å². The van der Waals surface area contributed by atoms with Crippen molar-refractivity contribution in [2.45, 2.75) is 49.9 Å². The van der Waals surface area contributed by atoms with Crippen LogP contribution in [0.1, 0.15) is 42.9 Å². The number of fused-ring (bicyclic) bond motifs is 1. The second-order valence-corrected chi connectivity index (χ2v) is 6.69. The van der Waals surface area contributed by atoms with Crippen molar-refractivity contribution >= 4 is 0 Å². The van der Waals surface area contributed by atoms with Gasteiger partial charge in [-0.15, -0.1) is 0 Å². The highest BCUT2D eigenvalue weighted by Gasteiger charge is 2.43. The van der Waals surface area contributed by atoms with Gasteiger partial charge in [-0.2, -0.15) is 0 Å². The van der Waals surface area contributed by atoms with E-state index in [0.29, 0.717) is 0 Å². The van der Waals surface area contributed by atoms with Gasteiger partial charge in [0.1, 0.15) is 0 Å². The van der Waals surface area contributed by atoms with Crippen molar-refractivity contribution in [3.63, 3.8) is 0 Å². The van der Waals surface area contributed by atoms with Gasteiger partial charge in [0.15, 0.2) is 0 Å². The normalized spacial score (nSPS) is 34.1. The molecule has 1 saturated carbocycles. The molecule has 2 unspecified atom stereocenters. The zero-order chi connectivity index (χ0) is 13.6. The van der Waals surface area contributed by atoms with E-state index >= 15 is 0 Å². The predicted octanol–water partition coefficient (Wildman–Crippen LogP) is 2.29. The molecule has 1 aromatic rings. The van der Waals surface area contributed by atoms with Gasteiger partial charge in [-0.1, -0.05) is 24.3 Å². The van der Waals surface area contributed by atoms with E-state index in [0.717, 1.165) is 45.0 Å². The summed E-state index contributed by atoms with van der Waals surface area (Å²) >= 11 is 0. The smallest absolute Gasteiger partial charge is 0.0855 e. The van der Waals surface area contributed by atoms with Crippen molar-refractivity contribution in [1.82, 2.24) is 4.90 Å². The molecule has 2 heterocycles. The van der Waals surface area contributed by atoms with E-state index in [2.05, 4.69) is 29.2 Å². The lowest BCUT2D eigenvalue weighted by atomic mass is 9.88. The molecule has 2 aliphatic heterocycles. The van der Waals surface area contributed by atoms with Crippen LogP contribution in [0, 0.1) is 0 Å². The molecule has 0 aromatic heterocycles. The maximum atomic E-state index is 10.9. The summed E-state index contributed by atoms with van der Waals surface area (Å²) in [7, 11) is 0. The van der Waals surface area contributed by atoms with Crippen molar-refractivity contribution < 1.29 is 9.84 Å². The third kappa shape index (κ3) is 2.39. The minimum atomic E-state index is -0.558. The number of nitrogens with zero attached hydrogens (tertiary/aromatic N) is 1. The number of benzene rings is 1. The van der Waals surface area contributed by atoms with Crippen LogP contribution in [0.5, 0.6) is 0 Å². The first-order chi connectivity index (χ1) is 9.73. The number of hydrogen-bond acceptors (Lipinski definition) is 3. The first-order valence-corrected chi connectivity index (χ1v) is 7.89.